The van der Waals surface area contributed by atoms with E-state index in [2.05, 4.69) is 44.8 Å². The quantitative estimate of drug-likeness (QED) is 0.347. The highest BCUT2D eigenvalue weighted by molar-refractivity contribution is 6.37. The summed E-state index contributed by atoms with van der Waals surface area (Å²) in [5.41, 5.74) is 4.14. The minimum Gasteiger partial charge on any atom is -0.481 e. The summed E-state index contributed by atoms with van der Waals surface area (Å²) in [4.78, 5) is 42.4. The van der Waals surface area contributed by atoms with Crippen molar-refractivity contribution in [3.05, 3.63) is 79.6 Å². The molecule has 1 N–H and O–H groups in total. The Morgan fingerprint density at radius 3 is 1.86 bits per heavy atom. The molecule has 3 aliphatic rings. The number of nitrogens with zero attached hydrogens (tertiary/aromatic N) is 1. The highest BCUT2D eigenvalue weighted by Gasteiger charge is 2.48. The molecular weight excluding hydrogens is 595 g/mol. The Labute approximate surface area is 262 Å². The smallest absolute Gasteiger partial charge is 0.262 e. The maximum Gasteiger partial charge on any atom is 0.262 e. The normalized spacial score (nSPS) is 20.0. The lowest BCUT2D eigenvalue weighted by molar-refractivity contribution is -0.120. The number of carbonyl (C=O) groups is 3. The zero-order valence-electron chi connectivity index (χ0n) is 24.5. The number of benzene rings is 2. The summed E-state index contributed by atoms with van der Waals surface area (Å²) in [6.45, 7) is 10.9. The molecule has 0 atom stereocenters. The molecule has 9 heteroatoms. The molecule has 1 heterocycles. The molecule has 0 aromatic heterocycles. The van der Waals surface area contributed by atoms with Crippen LogP contribution in [0.25, 0.3) is 0 Å². The second kappa shape index (κ2) is 11.4. The Balaban J connectivity index is 1.52. The van der Waals surface area contributed by atoms with Crippen LogP contribution in [0.2, 0.25) is 15.1 Å². The molecule has 222 valence electrons. The van der Waals surface area contributed by atoms with Crippen LogP contribution in [0.5, 0.6) is 5.75 Å². The molecular formula is C33H35Cl3N2O4. The molecule has 2 aromatic carbocycles. The molecule has 0 radical (unpaired) electrons. The van der Waals surface area contributed by atoms with Gasteiger partial charge in [0.05, 0.1) is 10.0 Å². The van der Waals surface area contributed by atoms with Gasteiger partial charge in [0.25, 0.3) is 5.91 Å². The third kappa shape index (κ3) is 5.99. The van der Waals surface area contributed by atoms with E-state index in [9.17, 15) is 14.4 Å². The van der Waals surface area contributed by atoms with Crippen molar-refractivity contribution in [2.24, 2.45) is 10.8 Å². The van der Waals surface area contributed by atoms with E-state index in [4.69, 9.17) is 39.5 Å². The third-order valence-corrected chi connectivity index (χ3v) is 8.98. The van der Waals surface area contributed by atoms with Gasteiger partial charge in [-0.1, -0.05) is 62.5 Å². The number of carbonyl (C=O) groups excluding carboxylic acids is 3. The van der Waals surface area contributed by atoms with Crippen LogP contribution in [-0.2, 0) is 14.4 Å². The van der Waals surface area contributed by atoms with Gasteiger partial charge in [-0.3, -0.25) is 14.4 Å². The molecule has 5 rings (SSSR count). The largest absolute Gasteiger partial charge is 0.481 e. The van der Waals surface area contributed by atoms with E-state index in [1.54, 1.807) is 36.4 Å². The summed E-state index contributed by atoms with van der Waals surface area (Å²) in [6.07, 6.45) is 2.26. The number of rotatable bonds is 6. The van der Waals surface area contributed by atoms with Gasteiger partial charge < -0.3 is 15.0 Å². The molecule has 0 saturated carbocycles. The Morgan fingerprint density at radius 1 is 0.881 bits per heavy atom. The molecule has 42 heavy (non-hydrogen) atoms. The molecule has 0 spiro atoms. The molecule has 6 nitrogen and oxygen atoms in total. The van der Waals surface area contributed by atoms with Crippen LogP contribution >= 0.6 is 34.8 Å². The monoisotopic (exact) mass is 628 g/mol. The average molecular weight is 630 g/mol. The summed E-state index contributed by atoms with van der Waals surface area (Å²) < 4.78 is 5.74. The molecule has 2 aromatic rings. The Kier molecular flexibility index (Phi) is 8.29. The van der Waals surface area contributed by atoms with Crippen LogP contribution in [0.4, 0.5) is 5.69 Å². The van der Waals surface area contributed by atoms with E-state index >= 15 is 0 Å². The van der Waals surface area contributed by atoms with E-state index in [1.165, 1.54) is 0 Å². The van der Waals surface area contributed by atoms with Gasteiger partial charge in [0, 0.05) is 58.6 Å². The summed E-state index contributed by atoms with van der Waals surface area (Å²) in [5.74, 6) is -0.714. The van der Waals surface area contributed by atoms with Crippen LogP contribution in [-0.4, -0.2) is 35.5 Å². The molecule has 0 fully saturated rings. The minimum atomic E-state index is -0.567. The fraction of sp³-hybridized carbons (Fsp3) is 0.424. The van der Waals surface area contributed by atoms with Crippen molar-refractivity contribution in [3.63, 3.8) is 0 Å². The van der Waals surface area contributed by atoms with Crippen LogP contribution in [0.1, 0.15) is 71.8 Å². The van der Waals surface area contributed by atoms with Gasteiger partial charge in [0.1, 0.15) is 0 Å². The van der Waals surface area contributed by atoms with Gasteiger partial charge in [-0.05, 0) is 72.6 Å². The fourth-order valence-electron chi connectivity index (χ4n) is 6.51. The number of nitrogens with one attached hydrogen (secondary N) is 1. The first-order valence-electron chi connectivity index (χ1n) is 14.2. The minimum absolute atomic E-state index is 0.0420. The second-order valence-electron chi connectivity index (χ2n) is 12.9. The number of ketones is 2. The van der Waals surface area contributed by atoms with Crippen molar-refractivity contribution in [2.45, 2.75) is 66.2 Å². The standard InChI is InChI=1S/C33H35Cl3N2O4/c1-6-38-23-13-32(2,3)15-25(39)29(23)28(30-24(38)14-33(4,5)16-26(30)40)18-11-21(35)31(22(36)12-18)42-17-27(41)37-20-9-7-19(34)8-10-20/h7-12,28H,6,13-17H2,1-5H3,(H,37,41). The maximum absolute atomic E-state index is 13.8. The summed E-state index contributed by atoms with van der Waals surface area (Å²) >= 11 is 19.3. The number of hydrogen-bond donors (Lipinski definition) is 1. The number of allylic oxidation sites excluding steroid dienone is 4. The van der Waals surface area contributed by atoms with E-state index in [1.807, 2.05) is 0 Å². The molecule has 0 bridgehead atoms. The van der Waals surface area contributed by atoms with Crippen LogP contribution in [0.15, 0.2) is 58.9 Å². The number of anilines is 1. The first-order chi connectivity index (χ1) is 19.7. The molecule has 2 aliphatic carbocycles. The Hall–Kier alpha value is -2.80. The van der Waals surface area contributed by atoms with Gasteiger partial charge in [-0.15, -0.1) is 0 Å². The zero-order chi connectivity index (χ0) is 30.6. The fourth-order valence-corrected chi connectivity index (χ4v) is 7.25. The summed E-state index contributed by atoms with van der Waals surface area (Å²) in [7, 11) is 0. The lowest BCUT2D eigenvalue weighted by Gasteiger charge is -2.49. The zero-order valence-corrected chi connectivity index (χ0v) is 26.8. The molecule has 0 saturated heterocycles. The second-order valence-corrected chi connectivity index (χ2v) is 14.2. The SMILES string of the molecule is CCN1C2=C(C(=O)CC(C)(C)C2)C(c2cc(Cl)c(OCC(=O)Nc3ccc(Cl)cc3)c(Cl)c2)C2=C1CC(C)(C)CC2=O. The van der Waals surface area contributed by atoms with Crippen molar-refractivity contribution in [1.29, 1.82) is 0 Å². The molecule has 1 amide bonds. The third-order valence-electron chi connectivity index (χ3n) is 8.17. The van der Waals surface area contributed by atoms with Gasteiger partial charge in [-0.2, -0.15) is 0 Å². The first kappa shape index (κ1) is 30.7. The molecule has 0 unspecified atom stereocenters. The van der Waals surface area contributed by atoms with Crippen molar-refractivity contribution in [1.82, 2.24) is 4.90 Å². The van der Waals surface area contributed by atoms with Gasteiger partial charge >= 0.3 is 0 Å². The van der Waals surface area contributed by atoms with Crippen molar-refractivity contribution in [2.75, 3.05) is 18.5 Å². The average Bonchev–Trinajstić information content (AvgIpc) is 2.87. The number of ether oxygens (including phenoxy) is 1. The van der Waals surface area contributed by atoms with Gasteiger partial charge in [0.15, 0.2) is 23.9 Å². The Bertz CT molecular complexity index is 1460. The van der Waals surface area contributed by atoms with Crippen LogP contribution in [0, 0.1) is 10.8 Å². The van der Waals surface area contributed by atoms with E-state index in [0.717, 1.165) is 24.2 Å². The van der Waals surface area contributed by atoms with Crippen molar-refractivity contribution in [3.8, 4) is 5.75 Å². The lowest BCUT2D eigenvalue weighted by atomic mass is 9.63. The number of Topliss-reactive ketones (excluding diaryl/α,β-unsaturated/α-hetero) is 2. The topological polar surface area (TPSA) is 75.7 Å². The van der Waals surface area contributed by atoms with E-state index < -0.39 is 11.8 Å². The predicted molar refractivity (Wildman–Crippen MR) is 167 cm³/mol. The van der Waals surface area contributed by atoms with Crippen molar-refractivity contribution >= 4 is 58.0 Å². The van der Waals surface area contributed by atoms with Crippen LogP contribution in [0.3, 0.4) is 0 Å². The highest BCUT2D eigenvalue weighted by Crippen LogP contribution is 2.55. The predicted octanol–water partition coefficient (Wildman–Crippen LogP) is 8.37. The number of hydrogen-bond acceptors (Lipinski definition) is 5. The van der Waals surface area contributed by atoms with E-state index in [-0.39, 0.29) is 44.8 Å². The van der Waals surface area contributed by atoms with Crippen LogP contribution < -0.4 is 10.1 Å². The number of halogens is 3. The highest BCUT2D eigenvalue weighted by atomic mass is 35.5. The molecule has 1 aliphatic heterocycles. The summed E-state index contributed by atoms with van der Waals surface area (Å²) in [6, 6.07) is 10.1. The number of amides is 1. The maximum atomic E-state index is 13.8. The van der Waals surface area contributed by atoms with E-state index in [0.29, 0.717) is 46.8 Å². The van der Waals surface area contributed by atoms with Gasteiger partial charge in [0.2, 0.25) is 0 Å². The van der Waals surface area contributed by atoms with Crippen molar-refractivity contribution < 1.29 is 19.1 Å². The lowest BCUT2D eigenvalue weighted by Crippen LogP contribution is -2.44. The first-order valence-corrected chi connectivity index (χ1v) is 15.3. The Morgan fingerprint density at radius 2 is 1.38 bits per heavy atom. The summed E-state index contributed by atoms with van der Waals surface area (Å²) in [5, 5.41) is 3.70. The van der Waals surface area contributed by atoms with Gasteiger partial charge in [-0.25, -0.2) is 0 Å².